The Morgan fingerprint density at radius 2 is 2.08 bits per heavy atom. The maximum absolute atomic E-state index is 13.1. The molecule has 3 aliphatic carbocycles. The molecule has 1 saturated heterocycles. The third-order valence-corrected chi connectivity index (χ3v) is 6.35. The molecule has 5 rings (SSSR count). The van der Waals surface area contributed by atoms with Crippen LogP contribution in [0.4, 0.5) is 0 Å². The van der Waals surface area contributed by atoms with Crippen molar-refractivity contribution in [2.75, 3.05) is 6.54 Å². The Morgan fingerprint density at radius 3 is 2.96 bits per heavy atom. The normalized spacial score (nSPS) is 40.5. The maximum atomic E-state index is 13.1. The van der Waals surface area contributed by atoms with Gasteiger partial charge in [0.1, 0.15) is 0 Å². The van der Waals surface area contributed by atoms with Gasteiger partial charge in [0.05, 0.1) is 6.10 Å². The lowest BCUT2D eigenvalue weighted by Gasteiger charge is -2.49. The SMILES string of the molecule is O=C1C=C2CCC[C@H]3C=CC[C@H]([C@@H]23)[C@@]12NC[C@@H](c1ccccc1)O2. The van der Waals surface area contributed by atoms with Crippen molar-refractivity contribution in [1.82, 2.24) is 5.32 Å². The van der Waals surface area contributed by atoms with Crippen molar-refractivity contribution in [3.05, 3.63) is 59.7 Å². The molecule has 1 spiro atoms. The molecule has 5 atom stereocenters. The van der Waals surface area contributed by atoms with Crippen molar-refractivity contribution in [2.24, 2.45) is 17.8 Å². The molecule has 0 bridgehead atoms. The lowest BCUT2D eigenvalue weighted by Crippen LogP contribution is -2.60. The Kier molecular flexibility index (Phi) is 3.29. The van der Waals surface area contributed by atoms with Crippen LogP contribution in [0.15, 0.2) is 54.1 Å². The van der Waals surface area contributed by atoms with E-state index in [-0.39, 0.29) is 17.8 Å². The molecule has 1 saturated carbocycles. The minimum atomic E-state index is -0.824. The molecule has 1 aromatic carbocycles. The van der Waals surface area contributed by atoms with Gasteiger partial charge in [0.15, 0.2) is 5.72 Å². The standard InChI is InChI=1S/C21H23NO2/c23-19-12-16-10-4-8-15-9-5-11-17(20(15)16)21(19)22-13-18(24-21)14-6-2-1-3-7-14/h1-3,5-7,9,12,15,17-18,20,22H,4,8,10-11,13H2/t15-,17+,18-,20+,21-/m0/s1. The summed E-state index contributed by atoms with van der Waals surface area (Å²) in [4.78, 5) is 13.1. The third-order valence-electron chi connectivity index (χ3n) is 6.35. The fraction of sp³-hybridized carbons (Fsp3) is 0.476. The predicted octanol–water partition coefficient (Wildman–Crippen LogP) is 3.55. The largest absolute Gasteiger partial charge is 0.343 e. The van der Waals surface area contributed by atoms with E-state index < -0.39 is 5.72 Å². The average molecular weight is 321 g/mol. The van der Waals surface area contributed by atoms with E-state index in [4.69, 9.17) is 4.74 Å². The second kappa shape index (κ2) is 5.40. The summed E-state index contributed by atoms with van der Waals surface area (Å²) in [6.45, 7) is 0.705. The highest BCUT2D eigenvalue weighted by molar-refractivity contribution is 5.99. The zero-order valence-corrected chi connectivity index (χ0v) is 13.8. The molecule has 0 radical (unpaired) electrons. The molecule has 24 heavy (non-hydrogen) atoms. The lowest BCUT2D eigenvalue weighted by atomic mass is 9.59. The lowest BCUT2D eigenvalue weighted by molar-refractivity contribution is -0.157. The molecule has 1 aliphatic heterocycles. The maximum Gasteiger partial charge on any atom is 0.202 e. The van der Waals surface area contributed by atoms with Crippen molar-refractivity contribution >= 4 is 5.78 Å². The summed E-state index contributed by atoms with van der Waals surface area (Å²) in [5.41, 5.74) is 1.69. The van der Waals surface area contributed by atoms with Gasteiger partial charge in [-0.15, -0.1) is 0 Å². The van der Waals surface area contributed by atoms with Gasteiger partial charge in [-0.25, -0.2) is 0 Å². The minimum Gasteiger partial charge on any atom is -0.343 e. The van der Waals surface area contributed by atoms with Crippen molar-refractivity contribution in [1.29, 1.82) is 0 Å². The number of nitrogens with one attached hydrogen (secondary N) is 1. The summed E-state index contributed by atoms with van der Waals surface area (Å²) < 4.78 is 6.48. The Hall–Kier alpha value is -1.71. The molecule has 1 aromatic rings. The molecule has 2 fully saturated rings. The third kappa shape index (κ3) is 2.01. The van der Waals surface area contributed by atoms with Crippen LogP contribution in [0.1, 0.15) is 37.4 Å². The van der Waals surface area contributed by atoms with Gasteiger partial charge >= 0.3 is 0 Å². The van der Waals surface area contributed by atoms with E-state index in [9.17, 15) is 4.79 Å². The Balaban J connectivity index is 1.53. The smallest absolute Gasteiger partial charge is 0.202 e. The van der Waals surface area contributed by atoms with Gasteiger partial charge in [-0.2, -0.15) is 0 Å². The molecular weight excluding hydrogens is 298 g/mol. The fourth-order valence-electron chi connectivity index (χ4n) is 5.30. The van der Waals surface area contributed by atoms with Crippen molar-refractivity contribution < 1.29 is 9.53 Å². The number of allylic oxidation sites excluding steroid dienone is 3. The Bertz CT molecular complexity index is 723. The first-order valence-corrected chi connectivity index (χ1v) is 9.17. The molecular formula is C21H23NO2. The van der Waals surface area contributed by atoms with Gasteiger partial charge in [0, 0.05) is 12.5 Å². The number of ketones is 1. The number of ether oxygens (including phenoxy) is 1. The van der Waals surface area contributed by atoms with Gasteiger partial charge < -0.3 is 4.74 Å². The van der Waals surface area contributed by atoms with Gasteiger partial charge in [-0.1, -0.05) is 48.1 Å². The molecule has 0 unspecified atom stereocenters. The highest BCUT2D eigenvalue weighted by Gasteiger charge is 2.58. The summed E-state index contributed by atoms with van der Waals surface area (Å²) in [7, 11) is 0. The number of fused-ring (bicyclic) bond motifs is 1. The van der Waals surface area contributed by atoms with Gasteiger partial charge in [0.25, 0.3) is 0 Å². The van der Waals surface area contributed by atoms with Gasteiger partial charge in [-0.05, 0) is 49.2 Å². The molecule has 1 heterocycles. The second-order valence-electron chi connectivity index (χ2n) is 7.57. The summed E-state index contributed by atoms with van der Waals surface area (Å²) in [6.07, 6.45) is 11.0. The topological polar surface area (TPSA) is 38.3 Å². The van der Waals surface area contributed by atoms with Gasteiger partial charge in [0.2, 0.25) is 5.78 Å². The van der Waals surface area contributed by atoms with E-state index in [1.807, 2.05) is 24.3 Å². The number of benzene rings is 1. The van der Waals surface area contributed by atoms with Crippen LogP contribution in [0, 0.1) is 17.8 Å². The van der Waals surface area contributed by atoms with E-state index in [2.05, 4.69) is 29.6 Å². The number of hydrogen-bond acceptors (Lipinski definition) is 3. The summed E-state index contributed by atoms with van der Waals surface area (Å²) in [5.74, 6) is 1.42. The van der Waals surface area contributed by atoms with Crippen LogP contribution < -0.4 is 5.32 Å². The van der Waals surface area contributed by atoms with E-state index in [1.54, 1.807) is 0 Å². The number of rotatable bonds is 1. The Labute approximate surface area is 142 Å². The number of carbonyl (C=O) groups is 1. The highest BCUT2D eigenvalue weighted by Crippen LogP contribution is 2.53. The van der Waals surface area contributed by atoms with Crippen LogP contribution in [0.3, 0.4) is 0 Å². The molecule has 3 nitrogen and oxygen atoms in total. The first-order valence-electron chi connectivity index (χ1n) is 9.17. The summed E-state index contributed by atoms with van der Waals surface area (Å²) in [5, 5.41) is 3.51. The molecule has 4 aliphatic rings. The van der Waals surface area contributed by atoms with Crippen LogP contribution in [-0.2, 0) is 9.53 Å². The van der Waals surface area contributed by atoms with E-state index in [0.717, 1.165) is 18.4 Å². The monoisotopic (exact) mass is 321 g/mol. The summed E-state index contributed by atoms with van der Waals surface area (Å²) >= 11 is 0. The van der Waals surface area contributed by atoms with Crippen LogP contribution in [-0.4, -0.2) is 18.1 Å². The van der Waals surface area contributed by atoms with Crippen molar-refractivity contribution in [3.63, 3.8) is 0 Å². The zero-order chi connectivity index (χ0) is 16.1. The van der Waals surface area contributed by atoms with Crippen LogP contribution in [0.2, 0.25) is 0 Å². The molecule has 124 valence electrons. The summed E-state index contributed by atoms with van der Waals surface area (Å²) in [6, 6.07) is 10.3. The van der Waals surface area contributed by atoms with Gasteiger partial charge in [-0.3, -0.25) is 10.1 Å². The molecule has 0 amide bonds. The quantitative estimate of drug-likeness (QED) is 0.804. The second-order valence-corrected chi connectivity index (χ2v) is 7.57. The molecule has 1 N–H and O–H groups in total. The minimum absolute atomic E-state index is 0.0435. The first-order chi connectivity index (χ1) is 11.8. The average Bonchev–Trinajstić information content (AvgIpc) is 3.07. The van der Waals surface area contributed by atoms with Crippen LogP contribution in [0.25, 0.3) is 0 Å². The van der Waals surface area contributed by atoms with E-state index in [1.165, 1.54) is 18.4 Å². The van der Waals surface area contributed by atoms with E-state index >= 15 is 0 Å². The molecule has 3 heteroatoms. The van der Waals surface area contributed by atoms with E-state index in [0.29, 0.717) is 18.4 Å². The number of hydrogen-bond donors (Lipinski definition) is 1. The zero-order valence-electron chi connectivity index (χ0n) is 13.8. The predicted molar refractivity (Wildman–Crippen MR) is 92.2 cm³/mol. The fourth-order valence-corrected chi connectivity index (χ4v) is 5.30. The van der Waals surface area contributed by atoms with Crippen LogP contribution >= 0.6 is 0 Å². The molecule has 0 aromatic heterocycles. The highest BCUT2D eigenvalue weighted by atomic mass is 16.5. The van der Waals surface area contributed by atoms with Crippen LogP contribution in [0.5, 0.6) is 0 Å². The first kappa shape index (κ1) is 14.6. The van der Waals surface area contributed by atoms with Crippen molar-refractivity contribution in [3.8, 4) is 0 Å². The Morgan fingerprint density at radius 1 is 1.21 bits per heavy atom. The van der Waals surface area contributed by atoms with Crippen molar-refractivity contribution in [2.45, 2.75) is 37.5 Å². The number of carbonyl (C=O) groups excluding carboxylic acids is 1.